The highest BCUT2D eigenvalue weighted by atomic mass is 16.1. The summed E-state index contributed by atoms with van der Waals surface area (Å²) in [7, 11) is 0. The van der Waals surface area contributed by atoms with Crippen LogP contribution in [0.5, 0.6) is 0 Å². The highest BCUT2D eigenvalue weighted by Crippen LogP contribution is 2.53. The average molecular weight is 269 g/mol. The number of nitrogens with zero attached hydrogens (tertiary/aromatic N) is 2. The van der Waals surface area contributed by atoms with Crippen LogP contribution < -0.4 is 5.32 Å². The Hall–Kier alpha value is -1.84. The van der Waals surface area contributed by atoms with E-state index in [2.05, 4.69) is 10.3 Å². The standard InChI is InChI=1S/C16H19N3O/c1-10-9-11(2)19-8-5-13(14(19)17-10)15(20)18-16(6-7-16)12-3-4-12/h5,8-9,12H,3-4,6-7H2,1-2H3,(H,18,20). The molecule has 0 bridgehead atoms. The van der Waals surface area contributed by atoms with Crippen LogP contribution in [-0.2, 0) is 0 Å². The molecule has 0 radical (unpaired) electrons. The third kappa shape index (κ3) is 1.74. The molecule has 0 aliphatic heterocycles. The van der Waals surface area contributed by atoms with Crippen molar-refractivity contribution >= 4 is 11.6 Å². The van der Waals surface area contributed by atoms with Crippen molar-refractivity contribution < 1.29 is 4.79 Å². The van der Waals surface area contributed by atoms with Gasteiger partial charge in [0.1, 0.15) is 5.65 Å². The van der Waals surface area contributed by atoms with E-state index in [0.717, 1.165) is 35.8 Å². The zero-order valence-corrected chi connectivity index (χ0v) is 11.9. The molecule has 2 aliphatic carbocycles. The van der Waals surface area contributed by atoms with E-state index in [1.165, 1.54) is 12.8 Å². The molecule has 2 aliphatic rings. The fraction of sp³-hybridized carbons (Fsp3) is 0.500. The summed E-state index contributed by atoms with van der Waals surface area (Å²) in [4.78, 5) is 17.1. The number of amides is 1. The van der Waals surface area contributed by atoms with Gasteiger partial charge in [0.15, 0.2) is 0 Å². The molecule has 4 rings (SSSR count). The molecule has 4 heteroatoms. The van der Waals surface area contributed by atoms with Gasteiger partial charge in [0.25, 0.3) is 5.91 Å². The molecule has 104 valence electrons. The summed E-state index contributed by atoms with van der Waals surface area (Å²) in [6.07, 6.45) is 6.75. The van der Waals surface area contributed by atoms with E-state index >= 15 is 0 Å². The number of carbonyl (C=O) groups excluding carboxylic acids is 1. The van der Waals surface area contributed by atoms with E-state index in [9.17, 15) is 4.79 Å². The Bertz CT molecular complexity index is 708. The van der Waals surface area contributed by atoms with E-state index < -0.39 is 0 Å². The van der Waals surface area contributed by atoms with Crippen LogP contribution in [-0.4, -0.2) is 20.8 Å². The largest absolute Gasteiger partial charge is 0.346 e. The highest BCUT2D eigenvalue weighted by molar-refractivity contribution is 6.00. The van der Waals surface area contributed by atoms with Crippen LogP contribution in [0, 0.1) is 19.8 Å². The highest BCUT2D eigenvalue weighted by Gasteiger charge is 2.54. The number of fused-ring (bicyclic) bond motifs is 1. The number of aryl methyl sites for hydroxylation is 2. The Labute approximate surface area is 118 Å². The summed E-state index contributed by atoms with van der Waals surface area (Å²) in [5.41, 5.74) is 3.64. The molecule has 2 aromatic heterocycles. The van der Waals surface area contributed by atoms with Gasteiger partial charge in [0.05, 0.1) is 5.56 Å². The van der Waals surface area contributed by atoms with Crippen molar-refractivity contribution in [3.8, 4) is 0 Å². The summed E-state index contributed by atoms with van der Waals surface area (Å²) >= 11 is 0. The summed E-state index contributed by atoms with van der Waals surface area (Å²) in [5.74, 6) is 0.756. The number of rotatable bonds is 3. The third-order valence-electron chi connectivity index (χ3n) is 4.69. The molecule has 1 N–H and O–H groups in total. The van der Waals surface area contributed by atoms with Crippen LogP contribution in [0.1, 0.15) is 47.4 Å². The van der Waals surface area contributed by atoms with E-state index in [4.69, 9.17) is 0 Å². The SMILES string of the molecule is Cc1cc(C)n2ccc(C(=O)NC3(C4CC4)CC3)c2n1. The number of hydrogen-bond donors (Lipinski definition) is 1. The number of nitrogens with one attached hydrogen (secondary N) is 1. The normalized spacial score (nSPS) is 20.1. The van der Waals surface area contributed by atoms with Crippen molar-refractivity contribution in [2.45, 2.75) is 45.1 Å². The van der Waals surface area contributed by atoms with Crippen LogP contribution in [0.3, 0.4) is 0 Å². The van der Waals surface area contributed by atoms with Crippen molar-refractivity contribution in [2.24, 2.45) is 5.92 Å². The molecule has 2 fully saturated rings. The minimum Gasteiger partial charge on any atom is -0.346 e. The Morgan fingerprint density at radius 1 is 1.40 bits per heavy atom. The first kappa shape index (κ1) is 11.9. The quantitative estimate of drug-likeness (QED) is 0.931. The lowest BCUT2D eigenvalue weighted by Gasteiger charge is -2.16. The zero-order valence-electron chi connectivity index (χ0n) is 11.9. The molecule has 0 atom stereocenters. The first-order chi connectivity index (χ1) is 9.59. The Balaban J connectivity index is 1.69. The summed E-state index contributed by atoms with van der Waals surface area (Å²) < 4.78 is 1.98. The van der Waals surface area contributed by atoms with Gasteiger partial charge in [-0.3, -0.25) is 4.79 Å². The fourth-order valence-electron chi connectivity index (χ4n) is 3.27. The van der Waals surface area contributed by atoms with E-state index in [1.54, 1.807) is 0 Å². The van der Waals surface area contributed by atoms with Crippen molar-refractivity contribution in [1.82, 2.24) is 14.7 Å². The van der Waals surface area contributed by atoms with Gasteiger partial charge < -0.3 is 9.72 Å². The molecule has 2 aromatic rings. The van der Waals surface area contributed by atoms with E-state index in [0.29, 0.717) is 5.56 Å². The van der Waals surface area contributed by atoms with Crippen molar-refractivity contribution in [3.05, 3.63) is 35.3 Å². The summed E-state index contributed by atoms with van der Waals surface area (Å²) in [6.45, 7) is 4.00. The van der Waals surface area contributed by atoms with Crippen molar-refractivity contribution in [1.29, 1.82) is 0 Å². The van der Waals surface area contributed by atoms with Crippen LogP contribution in [0.2, 0.25) is 0 Å². The molecule has 0 spiro atoms. The van der Waals surface area contributed by atoms with E-state index in [1.807, 2.05) is 36.6 Å². The van der Waals surface area contributed by atoms with Gasteiger partial charge in [-0.2, -0.15) is 0 Å². The smallest absolute Gasteiger partial charge is 0.255 e. The van der Waals surface area contributed by atoms with E-state index in [-0.39, 0.29) is 11.4 Å². The first-order valence-electron chi connectivity index (χ1n) is 7.37. The van der Waals surface area contributed by atoms with Gasteiger partial charge in [-0.15, -0.1) is 0 Å². The van der Waals surface area contributed by atoms with Gasteiger partial charge in [-0.05, 0) is 57.6 Å². The number of aromatic nitrogens is 2. The molecular weight excluding hydrogens is 250 g/mol. The lowest BCUT2D eigenvalue weighted by molar-refractivity contribution is 0.0927. The molecule has 2 heterocycles. The zero-order chi connectivity index (χ0) is 13.9. The van der Waals surface area contributed by atoms with Gasteiger partial charge in [-0.1, -0.05) is 0 Å². The summed E-state index contributed by atoms with van der Waals surface area (Å²) in [6, 6.07) is 3.91. The maximum Gasteiger partial charge on any atom is 0.255 e. The first-order valence-corrected chi connectivity index (χ1v) is 7.37. The average Bonchev–Trinajstić information content (AvgIpc) is 3.27. The summed E-state index contributed by atoms with van der Waals surface area (Å²) in [5, 5.41) is 3.27. The van der Waals surface area contributed by atoms with Gasteiger partial charge in [0.2, 0.25) is 0 Å². The topological polar surface area (TPSA) is 46.4 Å². The molecule has 2 saturated carbocycles. The number of hydrogen-bond acceptors (Lipinski definition) is 2. The van der Waals surface area contributed by atoms with Crippen molar-refractivity contribution in [2.75, 3.05) is 0 Å². The predicted molar refractivity (Wildman–Crippen MR) is 76.8 cm³/mol. The lowest BCUT2D eigenvalue weighted by atomic mass is 10.1. The minimum atomic E-state index is 0.0365. The van der Waals surface area contributed by atoms with Crippen LogP contribution in [0.15, 0.2) is 18.3 Å². The predicted octanol–water partition coefficient (Wildman–Crippen LogP) is 2.62. The van der Waals surface area contributed by atoms with Gasteiger partial charge in [-0.25, -0.2) is 4.98 Å². The maximum atomic E-state index is 12.6. The second-order valence-electron chi connectivity index (χ2n) is 6.35. The fourth-order valence-corrected chi connectivity index (χ4v) is 3.27. The molecular formula is C16H19N3O. The molecule has 0 saturated heterocycles. The lowest BCUT2D eigenvalue weighted by Crippen LogP contribution is -2.38. The van der Waals surface area contributed by atoms with Crippen molar-refractivity contribution in [3.63, 3.8) is 0 Å². The second kappa shape index (κ2) is 3.84. The van der Waals surface area contributed by atoms with Crippen LogP contribution in [0.25, 0.3) is 5.65 Å². The van der Waals surface area contributed by atoms with Crippen LogP contribution >= 0.6 is 0 Å². The Kier molecular flexibility index (Phi) is 2.29. The monoisotopic (exact) mass is 269 g/mol. The maximum absolute atomic E-state index is 12.6. The molecule has 20 heavy (non-hydrogen) atoms. The Morgan fingerprint density at radius 3 is 2.80 bits per heavy atom. The molecule has 1 amide bonds. The Morgan fingerprint density at radius 2 is 2.15 bits per heavy atom. The minimum absolute atomic E-state index is 0.0365. The molecule has 0 unspecified atom stereocenters. The third-order valence-corrected chi connectivity index (χ3v) is 4.69. The van der Waals surface area contributed by atoms with Crippen LogP contribution in [0.4, 0.5) is 0 Å². The molecule has 4 nitrogen and oxygen atoms in total. The van der Waals surface area contributed by atoms with Gasteiger partial charge in [0, 0.05) is 23.1 Å². The van der Waals surface area contributed by atoms with Gasteiger partial charge >= 0.3 is 0 Å². The number of carbonyl (C=O) groups is 1. The second-order valence-corrected chi connectivity index (χ2v) is 6.35. The molecule has 0 aromatic carbocycles.